The molecule has 1 saturated heterocycles. The van der Waals surface area contributed by atoms with Crippen LogP contribution in [0.25, 0.3) is 0 Å². The predicted molar refractivity (Wildman–Crippen MR) is 60.5 cm³/mol. The lowest BCUT2D eigenvalue weighted by Crippen LogP contribution is -2.38. The summed E-state index contributed by atoms with van der Waals surface area (Å²) in [6.45, 7) is -10.4. The van der Waals surface area contributed by atoms with E-state index < -0.39 is 44.4 Å². The lowest BCUT2D eigenvalue weighted by molar-refractivity contribution is -0.125. The van der Waals surface area contributed by atoms with Gasteiger partial charge in [-0.05, 0) is 5.56 Å². The molecule has 1 aromatic rings. The number of nitrogens with zero attached hydrogens (tertiary/aromatic N) is 1. The molecule has 2 rings (SSSR count). The Labute approximate surface area is 105 Å². The number of rotatable bonds is 2. The second-order valence-electron chi connectivity index (χ2n) is 3.12. The van der Waals surface area contributed by atoms with Crippen molar-refractivity contribution in [1.82, 2.24) is 4.90 Å². The maximum atomic E-state index is 12.4. The Bertz CT molecular complexity index is 671. The van der Waals surface area contributed by atoms with Crippen molar-refractivity contribution in [1.29, 1.82) is 0 Å². The minimum Gasteiger partial charge on any atom is -0.299 e. The molecule has 1 aliphatic rings. The molecule has 1 unspecified atom stereocenters. The molecule has 0 bridgehead atoms. The highest BCUT2D eigenvalue weighted by Crippen LogP contribution is 2.14. The molecule has 1 aromatic carbocycles. The number of carbonyl (C=O) groups excluding carboxylic acids is 1. The molecular weight excluding hydrogens is 186 g/mol. The molecule has 1 aliphatic heterocycles. The third-order valence-electron chi connectivity index (χ3n) is 1.96. The predicted octanol–water partition coefficient (Wildman–Crippen LogP) is 2.10. The number of Topliss-reactive ketones (excluding diaryl/α,β-unsaturated/α-hetero) is 1. The van der Waals surface area contributed by atoms with Crippen LogP contribution in [0, 0.1) is 5.89 Å². The highest BCUT2D eigenvalue weighted by molar-refractivity contribution is 5.81. The van der Waals surface area contributed by atoms with Gasteiger partial charge in [-0.3, -0.25) is 9.69 Å². The second kappa shape index (κ2) is 4.58. The van der Waals surface area contributed by atoms with Gasteiger partial charge in [0, 0.05) is 45.5 Å². The van der Waals surface area contributed by atoms with Crippen molar-refractivity contribution in [3.05, 3.63) is 35.9 Å². The van der Waals surface area contributed by atoms with Crippen LogP contribution in [0.3, 0.4) is 0 Å². The minimum atomic E-state index is -3.49. The van der Waals surface area contributed by atoms with Crippen LogP contribution in [0.1, 0.15) is 32.5 Å². The van der Waals surface area contributed by atoms with Crippen molar-refractivity contribution in [3.8, 4) is 0 Å². The fraction of sp³-hybridized carbons (Fsp3) is 0.462. The zero-order valence-electron chi connectivity index (χ0n) is 17.9. The molecule has 1 fully saturated rings. The summed E-state index contributed by atoms with van der Waals surface area (Å²) in [4.78, 5) is 12.7. The molecule has 0 saturated carbocycles. The van der Waals surface area contributed by atoms with E-state index in [1.807, 2.05) is 0 Å². The van der Waals surface area contributed by atoms with Gasteiger partial charge >= 0.3 is 0 Å². The third kappa shape index (κ3) is 2.66. The van der Waals surface area contributed by atoms with Crippen molar-refractivity contribution in [2.24, 2.45) is 5.89 Å². The molecule has 80 valence electrons. The number of ketones is 1. The molecule has 0 aromatic heterocycles. The first kappa shape index (κ1) is 3.70. The van der Waals surface area contributed by atoms with Crippen molar-refractivity contribution in [2.75, 3.05) is 13.0 Å². The van der Waals surface area contributed by atoms with Crippen LogP contribution in [0.4, 0.5) is 0 Å². The van der Waals surface area contributed by atoms with E-state index >= 15 is 0 Å². The monoisotopic (exact) mass is 213 g/mol. The van der Waals surface area contributed by atoms with E-state index in [1.165, 1.54) is 12.1 Å². The molecule has 1 atom stereocenters. The third-order valence-corrected chi connectivity index (χ3v) is 1.96. The van der Waals surface area contributed by atoms with Crippen LogP contribution >= 0.6 is 0 Å². The van der Waals surface area contributed by atoms with Crippen LogP contribution in [-0.4, -0.2) is 23.7 Å². The van der Waals surface area contributed by atoms with Gasteiger partial charge in [0.1, 0.15) is 5.78 Å². The Morgan fingerprint density at radius 3 is 3.13 bits per heavy atom. The summed E-state index contributed by atoms with van der Waals surface area (Å²) in [6.07, 6.45) is -3.39. The fourth-order valence-corrected chi connectivity index (χ4v) is 1.24. The zero-order chi connectivity index (χ0) is 19.5. The van der Waals surface area contributed by atoms with E-state index in [2.05, 4.69) is 0 Å². The van der Waals surface area contributed by atoms with Gasteiger partial charge in [-0.25, -0.2) is 0 Å². The molecule has 0 radical (unpaired) electrons. The van der Waals surface area contributed by atoms with Gasteiger partial charge in [0.25, 0.3) is 0 Å². The molecular formula is C13H17NO. The first-order chi connectivity index (χ1) is 11.1. The van der Waals surface area contributed by atoms with E-state index in [-0.39, 0.29) is 0 Å². The van der Waals surface area contributed by atoms with Crippen LogP contribution in [0.2, 0.25) is 0 Å². The standard InChI is InChI=1S/C13H17NO/c1-11-9-14(8-7-13(11)15)10-12-5-3-2-4-6-12/h2-6,11H,7-10H2,1H3/i1D3,7D2,8D2,9D2,11D. The molecule has 0 amide bonds. The van der Waals surface area contributed by atoms with Gasteiger partial charge in [0.2, 0.25) is 0 Å². The number of hydrogen-bond acceptors (Lipinski definition) is 2. The second-order valence-corrected chi connectivity index (χ2v) is 3.12. The molecule has 0 N–H and O–H groups in total. The van der Waals surface area contributed by atoms with Crippen molar-refractivity contribution < 1.29 is 18.5 Å². The topological polar surface area (TPSA) is 20.3 Å². The van der Waals surface area contributed by atoms with Crippen LogP contribution in [-0.2, 0) is 11.3 Å². The Balaban J connectivity index is 2.69. The van der Waals surface area contributed by atoms with Crippen LogP contribution in [0.5, 0.6) is 0 Å². The number of carbonyl (C=O) groups is 1. The lowest BCUT2D eigenvalue weighted by atomic mass is 9.98. The van der Waals surface area contributed by atoms with E-state index in [9.17, 15) is 4.79 Å². The zero-order valence-corrected chi connectivity index (χ0v) is 7.95. The highest BCUT2D eigenvalue weighted by atomic mass is 16.1. The van der Waals surface area contributed by atoms with E-state index in [0.29, 0.717) is 10.5 Å². The average Bonchev–Trinajstić information content (AvgIpc) is 2.49. The van der Waals surface area contributed by atoms with Crippen molar-refractivity contribution in [2.45, 2.75) is 19.8 Å². The van der Waals surface area contributed by atoms with E-state index in [4.69, 9.17) is 13.7 Å². The Kier molecular flexibility index (Phi) is 1.13. The Morgan fingerprint density at radius 1 is 1.60 bits per heavy atom. The summed E-state index contributed by atoms with van der Waals surface area (Å²) < 4.78 is 78.3. The van der Waals surface area contributed by atoms with E-state index in [1.54, 1.807) is 18.2 Å². The van der Waals surface area contributed by atoms with Gasteiger partial charge in [0.05, 0.1) is 0 Å². The van der Waals surface area contributed by atoms with Gasteiger partial charge < -0.3 is 0 Å². The van der Waals surface area contributed by atoms with Crippen LogP contribution < -0.4 is 0 Å². The molecule has 2 heteroatoms. The van der Waals surface area contributed by atoms with Gasteiger partial charge in [0.15, 0.2) is 0 Å². The quantitative estimate of drug-likeness (QED) is 0.750. The summed E-state index contributed by atoms with van der Waals surface area (Å²) in [5.74, 6) is -5.41. The molecule has 1 heterocycles. The maximum absolute atomic E-state index is 12.4. The van der Waals surface area contributed by atoms with Crippen molar-refractivity contribution in [3.63, 3.8) is 0 Å². The lowest BCUT2D eigenvalue weighted by Gasteiger charge is -2.29. The minimum absolute atomic E-state index is 0.316. The maximum Gasteiger partial charge on any atom is 0.138 e. The summed E-state index contributed by atoms with van der Waals surface area (Å²) in [5, 5.41) is 0. The van der Waals surface area contributed by atoms with Crippen LogP contribution in [0.15, 0.2) is 30.3 Å². The fourth-order valence-electron chi connectivity index (χ4n) is 1.24. The average molecular weight is 213 g/mol. The summed E-state index contributed by atoms with van der Waals surface area (Å²) in [7, 11) is 0. The summed E-state index contributed by atoms with van der Waals surface area (Å²) in [6, 6.07) is 7.92. The number of hydrogen-bond donors (Lipinski definition) is 0. The molecule has 0 aliphatic carbocycles. The number of benzene rings is 1. The number of piperidine rings is 1. The number of likely N-dealkylation sites (tertiary alicyclic amines) is 1. The normalized spacial score (nSPS) is 48.7. The summed E-state index contributed by atoms with van der Waals surface area (Å²) >= 11 is 0. The van der Waals surface area contributed by atoms with Gasteiger partial charge in [-0.1, -0.05) is 37.2 Å². The SMILES string of the molecule is [2H]C([2H])([2H])C1([2H])C(=O)C([2H])([2H])C([2H])([2H])N(Cc2ccccc2)C1([2H])[2H]. The molecule has 2 nitrogen and oxygen atoms in total. The van der Waals surface area contributed by atoms with Gasteiger partial charge in [-0.2, -0.15) is 0 Å². The smallest absolute Gasteiger partial charge is 0.138 e. The highest BCUT2D eigenvalue weighted by Gasteiger charge is 2.22. The van der Waals surface area contributed by atoms with E-state index in [0.717, 1.165) is 0 Å². The Hall–Kier alpha value is -1.15. The Morgan fingerprint density at radius 2 is 2.40 bits per heavy atom. The first-order valence-electron chi connectivity index (χ1n) is 9.48. The largest absolute Gasteiger partial charge is 0.299 e. The molecule has 0 spiro atoms. The van der Waals surface area contributed by atoms with Crippen molar-refractivity contribution >= 4 is 5.78 Å². The molecule has 15 heavy (non-hydrogen) atoms. The van der Waals surface area contributed by atoms with Gasteiger partial charge in [-0.15, -0.1) is 0 Å². The summed E-state index contributed by atoms with van der Waals surface area (Å²) in [5.41, 5.74) is 0.383. The first-order valence-corrected chi connectivity index (χ1v) is 4.48.